The summed E-state index contributed by atoms with van der Waals surface area (Å²) < 4.78 is 286. The van der Waals surface area contributed by atoms with E-state index in [1.165, 1.54) is 0 Å². The summed E-state index contributed by atoms with van der Waals surface area (Å²) in [7, 11) is 1.14. The molecule has 0 aliphatic heterocycles. The molecule has 25 heteroatoms. The Morgan fingerprint density at radius 1 is 0.353 bits per heavy atom. The molecule has 0 aliphatic rings. The fourth-order valence-electron chi connectivity index (χ4n) is 4.54. The van der Waals surface area contributed by atoms with Gasteiger partial charge < -0.3 is 7.41 Å². The minimum atomic E-state index is -4.95. The molecule has 4 aromatic carbocycles. The minimum absolute atomic E-state index is 0.750. The molecule has 0 saturated carbocycles. The molecule has 51 heavy (non-hydrogen) atoms. The van der Waals surface area contributed by atoms with Crippen molar-refractivity contribution in [1.82, 2.24) is 0 Å². The molecule has 0 aliphatic carbocycles. The molecule has 0 bridgehead atoms. The zero-order chi connectivity index (χ0) is 38.7. The predicted molar refractivity (Wildman–Crippen MR) is 143 cm³/mol. The van der Waals surface area contributed by atoms with E-state index in [9.17, 15) is 74.6 Å². The molecule has 0 aromatic heterocycles. The summed E-state index contributed by atoms with van der Waals surface area (Å²) in [4.78, 5) is 0. The SMILES string of the molecule is C[CH2][Al]([O]B(c1c(F)c(F)c(F)c(F)c1F)c1c(F)c(F)c(F)c(F)c1F)[O]B(c1c(F)c(F)c(F)c(F)c1F)c1c(F)c(F)c(P)c(F)c1F. The van der Waals surface area contributed by atoms with Gasteiger partial charge in [0.1, 0.15) is 0 Å². The van der Waals surface area contributed by atoms with E-state index < -0.39 is 172 Å². The molecule has 0 heterocycles. The summed E-state index contributed by atoms with van der Waals surface area (Å²) in [6, 6.07) is 0. The summed E-state index contributed by atoms with van der Waals surface area (Å²) >= 11 is -4.95. The molecule has 1 atom stereocenters. The third-order valence-electron chi connectivity index (χ3n) is 7.02. The fourth-order valence-corrected chi connectivity index (χ4v) is 6.39. The smallest absolute Gasteiger partial charge is 0.538 e. The van der Waals surface area contributed by atoms with Gasteiger partial charge in [-0.15, -0.1) is 0 Å². The number of halogens is 19. The van der Waals surface area contributed by atoms with Crippen molar-refractivity contribution in [3.8, 4) is 0 Å². The summed E-state index contributed by atoms with van der Waals surface area (Å²) in [5.41, 5.74) is -9.87. The molecule has 4 rings (SSSR count). The van der Waals surface area contributed by atoms with E-state index in [0.29, 0.717) is 0 Å². The standard InChI is InChI=1S/C12BF10O.C12H2BF9OP.C2H5.Al/c14-3-1(4(15)8(19)11(22)7(3)18)13(24)2-5(16)9(20)12(23)10(21)6(2)17;14-3-1(4(15)8(19)9(20)7(3)18)13(23)2-5(16)10(21)12(24)11(22)6(2)17;1-2;/h;24H2;1H2,2H3;/q2*-1;;+2. The van der Waals surface area contributed by atoms with Gasteiger partial charge >= 0.3 is 28.6 Å². The molecule has 0 radical (unpaired) electrons. The zero-order valence-corrected chi connectivity index (χ0v) is 26.3. The van der Waals surface area contributed by atoms with Crippen molar-refractivity contribution in [3.05, 3.63) is 111 Å². The number of rotatable bonds is 9. The average Bonchev–Trinajstić information content (AvgIpc) is 3.10. The summed E-state index contributed by atoms with van der Waals surface area (Å²) in [5, 5.41) is -2.65. The Kier molecular flexibility index (Phi) is 11.8. The van der Waals surface area contributed by atoms with E-state index in [2.05, 4.69) is 0 Å². The minimum Gasteiger partial charge on any atom is -0.538 e. The highest BCUT2D eigenvalue weighted by molar-refractivity contribution is 7.27. The van der Waals surface area contributed by atoms with Gasteiger partial charge in [0.05, 0.1) is 0 Å². The third kappa shape index (κ3) is 6.58. The van der Waals surface area contributed by atoms with Crippen molar-refractivity contribution >= 4 is 65.0 Å². The van der Waals surface area contributed by atoms with Crippen LogP contribution in [0.4, 0.5) is 83.4 Å². The monoisotopic (exact) mass is 792 g/mol. The van der Waals surface area contributed by atoms with E-state index >= 15 is 8.78 Å². The highest BCUT2D eigenvalue weighted by atomic mass is 31.0. The van der Waals surface area contributed by atoms with Crippen LogP contribution in [0.2, 0.25) is 5.28 Å². The molecule has 0 spiro atoms. The molecular weight excluding hydrogens is 785 g/mol. The van der Waals surface area contributed by atoms with E-state index in [1.54, 1.807) is 0 Å². The van der Waals surface area contributed by atoms with Crippen LogP contribution in [-0.4, -0.2) is 28.6 Å². The van der Waals surface area contributed by atoms with Crippen LogP contribution in [0.5, 0.6) is 0 Å². The molecule has 0 N–H and O–H groups in total. The van der Waals surface area contributed by atoms with Gasteiger partial charge in [-0.1, -0.05) is 16.2 Å². The fraction of sp³-hybridized carbons (Fsp3) is 0.0769. The van der Waals surface area contributed by atoms with Crippen molar-refractivity contribution in [1.29, 1.82) is 0 Å². The Morgan fingerprint density at radius 3 is 0.725 bits per heavy atom. The van der Waals surface area contributed by atoms with Gasteiger partial charge in [-0.2, -0.15) is 0 Å². The topological polar surface area (TPSA) is 18.5 Å². The van der Waals surface area contributed by atoms with Crippen LogP contribution in [-0.2, 0) is 7.41 Å². The van der Waals surface area contributed by atoms with Gasteiger partial charge in [-0.05, 0) is 5.28 Å². The molecule has 4 aromatic rings. The first-order valence-corrected chi connectivity index (χ1v) is 15.4. The number of hydrogen-bond acceptors (Lipinski definition) is 2. The van der Waals surface area contributed by atoms with Gasteiger partial charge in [0.25, 0.3) is 0 Å². The maximum Gasteiger partial charge on any atom is 0.643 e. The van der Waals surface area contributed by atoms with Gasteiger partial charge in [-0.25, -0.2) is 83.4 Å². The first-order chi connectivity index (χ1) is 23.6. The van der Waals surface area contributed by atoms with E-state index in [0.717, 1.165) is 16.2 Å². The molecule has 0 fully saturated rings. The van der Waals surface area contributed by atoms with E-state index in [1.807, 2.05) is 0 Å². The van der Waals surface area contributed by atoms with Crippen LogP contribution in [0, 0.1) is 111 Å². The predicted octanol–water partition coefficient (Wildman–Crippen LogP) is 5.28. The molecule has 2 nitrogen and oxygen atoms in total. The Morgan fingerprint density at radius 2 is 0.529 bits per heavy atom. The highest BCUT2D eigenvalue weighted by Crippen LogP contribution is 2.24. The molecule has 1 unspecified atom stereocenters. The quantitative estimate of drug-likeness (QED) is 0.0756. The normalized spacial score (nSPS) is 11.5. The lowest BCUT2D eigenvalue weighted by Gasteiger charge is -2.26. The maximum atomic E-state index is 15.2. The Hall–Kier alpha value is -3.44. The Bertz CT molecular complexity index is 1710. The van der Waals surface area contributed by atoms with Crippen molar-refractivity contribution in [2.75, 3.05) is 0 Å². The second-order valence-corrected chi connectivity index (χ2v) is 12.7. The van der Waals surface area contributed by atoms with Crippen LogP contribution in [0.3, 0.4) is 0 Å². The average molecular weight is 792 g/mol. The van der Waals surface area contributed by atoms with Crippen LogP contribution in [0.25, 0.3) is 0 Å². The molecule has 0 amide bonds. The van der Waals surface area contributed by atoms with Crippen LogP contribution in [0.1, 0.15) is 6.92 Å². The lowest BCUT2D eigenvalue weighted by atomic mass is 9.54. The second-order valence-electron chi connectivity index (χ2n) is 9.90. The summed E-state index contributed by atoms with van der Waals surface area (Å²) in [6.07, 6.45) is 0. The van der Waals surface area contributed by atoms with Crippen LogP contribution >= 0.6 is 9.24 Å². The Labute approximate surface area is 278 Å². The van der Waals surface area contributed by atoms with Gasteiger partial charge in [0.2, 0.25) is 0 Å². The highest BCUT2D eigenvalue weighted by Gasteiger charge is 2.47. The lowest BCUT2D eigenvalue weighted by molar-refractivity contribution is 0.376. The van der Waals surface area contributed by atoms with Crippen LogP contribution < -0.4 is 27.2 Å². The van der Waals surface area contributed by atoms with Crippen molar-refractivity contribution in [2.24, 2.45) is 0 Å². The zero-order valence-electron chi connectivity index (χ0n) is 24.0. The van der Waals surface area contributed by atoms with Crippen molar-refractivity contribution in [2.45, 2.75) is 12.2 Å². The van der Waals surface area contributed by atoms with E-state index in [-0.39, 0.29) is 0 Å². The number of hydrogen-bond donors (Lipinski definition) is 0. The van der Waals surface area contributed by atoms with Gasteiger partial charge in [0, 0.05) is 27.2 Å². The van der Waals surface area contributed by atoms with Gasteiger partial charge in [-0.3, -0.25) is 0 Å². The second kappa shape index (κ2) is 14.9. The lowest BCUT2D eigenvalue weighted by Crippen LogP contribution is -2.59. The first-order valence-electron chi connectivity index (χ1n) is 13.1. The Balaban J connectivity index is 2.08. The number of benzene rings is 4. The first kappa shape index (κ1) is 40.3. The molecule has 270 valence electrons. The van der Waals surface area contributed by atoms with E-state index in [4.69, 9.17) is 7.41 Å². The van der Waals surface area contributed by atoms with Crippen molar-refractivity contribution < 1.29 is 90.8 Å². The van der Waals surface area contributed by atoms with Crippen LogP contribution in [0.15, 0.2) is 0 Å². The van der Waals surface area contributed by atoms with Gasteiger partial charge in [0.15, 0.2) is 111 Å². The summed E-state index contributed by atoms with van der Waals surface area (Å²) in [5.74, 6) is -54.6. The third-order valence-corrected chi connectivity index (χ3v) is 9.35. The maximum absolute atomic E-state index is 15.2. The molecule has 0 saturated heterocycles. The van der Waals surface area contributed by atoms with Crippen molar-refractivity contribution in [3.63, 3.8) is 0 Å². The summed E-state index contributed by atoms with van der Waals surface area (Å²) in [6.45, 7) is -6.64. The molecular formula is C26H7AlB2F19O2P. The largest absolute Gasteiger partial charge is 0.643 e.